The second kappa shape index (κ2) is 4.11. The van der Waals surface area contributed by atoms with Crippen molar-refractivity contribution in [2.24, 2.45) is 0 Å². The summed E-state index contributed by atoms with van der Waals surface area (Å²) in [5, 5.41) is 2.75. The second-order valence-electron chi connectivity index (χ2n) is 3.70. The smallest absolute Gasteiger partial charge is 0.239 e. The van der Waals surface area contributed by atoms with E-state index in [-0.39, 0.29) is 11.8 Å². The van der Waals surface area contributed by atoms with Gasteiger partial charge in [0.2, 0.25) is 5.91 Å². The Morgan fingerprint density at radius 1 is 1.60 bits per heavy atom. The molecule has 0 aliphatic carbocycles. The largest absolute Gasteiger partial charge is 0.374 e. The molecular weight excluding hydrogens is 212 g/mol. The van der Waals surface area contributed by atoms with Crippen LogP contribution in [0.25, 0.3) is 0 Å². The number of nitrogens with one attached hydrogen (secondary N) is 1. The molecule has 0 bridgehead atoms. The Bertz CT molecular complexity index is 392. The topological polar surface area (TPSA) is 32.3 Å². The molecule has 0 aromatic heterocycles. The van der Waals surface area contributed by atoms with Crippen LogP contribution in [0.3, 0.4) is 0 Å². The number of carbonyl (C=O) groups excluding carboxylic acids is 1. The molecule has 80 valence electrons. The van der Waals surface area contributed by atoms with Gasteiger partial charge >= 0.3 is 0 Å². The van der Waals surface area contributed by atoms with Crippen molar-refractivity contribution in [1.29, 1.82) is 0 Å². The van der Waals surface area contributed by atoms with Gasteiger partial charge in [-0.3, -0.25) is 4.79 Å². The normalized spacial score (nSPS) is 13.9. The number of carbonyl (C=O) groups is 1. The molecule has 3 nitrogen and oxygen atoms in total. The van der Waals surface area contributed by atoms with Crippen molar-refractivity contribution in [3.05, 3.63) is 23.8 Å². The summed E-state index contributed by atoms with van der Waals surface area (Å²) in [6.07, 6.45) is 1.04. The van der Waals surface area contributed by atoms with Gasteiger partial charge < -0.3 is 10.2 Å². The third kappa shape index (κ3) is 2.07. The minimum Gasteiger partial charge on any atom is -0.374 e. The number of hydrogen-bond acceptors (Lipinski definition) is 2. The van der Waals surface area contributed by atoms with Crippen LogP contribution in [0.4, 0.5) is 11.4 Å². The molecule has 0 spiro atoms. The monoisotopic (exact) mass is 224 g/mol. The lowest BCUT2D eigenvalue weighted by Crippen LogP contribution is -2.13. The van der Waals surface area contributed by atoms with Crippen LogP contribution in [0.15, 0.2) is 18.2 Å². The van der Waals surface area contributed by atoms with Crippen LogP contribution in [0.1, 0.15) is 5.56 Å². The zero-order chi connectivity index (χ0) is 10.8. The minimum absolute atomic E-state index is 0.00299. The van der Waals surface area contributed by atoms with Crippen molar-refractivity contribution in [1.82, 2.24) is 0 Å². The number of halogens is 1. The molecule has 2 rings (SSSR count). The Morgan fingerprint density at radius 2 is 2.40 bits per heavy atom. The van der Waals surface area contributed by atoms with E-state index < -0.39 is 0 Å². The second-order valence-corrected chi connectivity index (χ2v) is 3.96. The van der Waals surface area contributed by atoms with Gasteiger partial charge in [-0.15, -0.1) is 11.6 Å². The lowest BCUT2D eigenvalue weighted by molar-refractivity contribution is -0.113. The highest BCUT2D eigenvalue weighted by atomic mass is 35.5. The molecule has 0 radical (unpaired) electrons. The Morgan fingerprint density at radius 3 is 3.13 bits per heavy atom. The quantitative estimate of drug-likeness (QED) is 0.778. The molecule has 1 aromatic carbocycles. The molecule has 1 aromatic rings. The van der Waals surface area contributed by atoms with Gasteiger partial charge in [0.1, 0.15) is 5.88 Å². The first-order valence-corrected chi connectivity index (χ1v) is 5.44. The molecule has 0 fully saturated rings. The summed E-state index contributed by atoms with van der Waals surface area (Å²) in [4.78, 5) is 13.3. The van der Waals surface area contributed by atoms with E-state index in [0.29, 0.717) is 0 Å². The maximum Gasteiger partial charge on any atom is 0.239 e. The number of anilines is 2. The third-order valence-electron chi connectivity index (χ3n) is 2.61. The van der Waals surface area contributed by atoms with Gasteiger partial charge in [0.25, 0.3) is 0 Å². The van der Waals surface area contributed by atoms with Crippen LogP contribution >= 0.6 is 11.6 Å². The van der Waals surface area contributed by atoms with E-state index >= 15 is 0 Å². The maximum absolute atomic E-state index is 11.1. The number of amides is 1. The van der Waals surface area contributed by atoms with Crippen LogP contribution in [-0.4, -0.2) is 25.4 Å². The number of likely N-dealkylation sites (N-methyl/N-ethyl adjacent to an activating group) is 1. The highest BCUT2D eigenvalue weighted by molar-refractivity contribution is 6.29. The van der Waals surface area contributed by atoms with E-state index in [0.717, 1.165) is 18.7 Å². The fourth-order valence-corrected chi connectivity index (χ4v) is 1.91. The van der Waals surface area contributed by atoms with E-state index in [2.05, 4.69) is 17.3 Å². The molecule has 1 N–H and O–H groups in total. The molecule has 15 heavy (non-hydrogen) atoms. The van der Waals surface area contributed by atoms with Crippen LogP contribution in [-0.2, 0) is 11.2 Å². The highest BCUT2D eigenvalue weighted by Gasteiger charge is 2.15. The first-order valence-electron chi connectivity index (χ1n) is 4.90. The lowest BCUT2D eigenvalue weighted by atomic mass is 10.1. The van der Waals surface area contributed by atoms with Crippen molar-refractivity contribution in [3.63, 3.8) is 0 Å². The van der Waals surface area contributed by atoms with Gasteiger partial charge in [-0.2, -0.15) is 0 Å². The van der Waals surface area contributed by atoms with Crippen LogP contribution in [0, 0.1) is 0 Å². The van der Waals surface area contributed by atoms with Gasteiger partial charge in [-0.05, 0) is 30.2 Å². The number of benzene rings is 1. The fourth-order valence-electron chi connectivity index (χ4n) is 1.84. The van der Waals surface area contributed by atoms with Crippen molar-refractivity contribution in [3.8, 4) is 0 Å². The Balaban J connectivity index is 2.19. The van der Waals surface area contributed by atoms with Crippen LogP contribution in [0.5, 0.6) is 0 Å². The average molecular weight is 225 g/mol. The Hall–Kier alpha value is -1.22. The third-order valence-corrected chi connectivity index (χ3v) is 2.86. The number of hydrogen-bond donors (Lipinski definition) is 1. The summed E-state index contributed by atoms with van der Waals surface area (Å²) in [6, 6.07) is 5.96. The SMILES string of the molecule is CN1CCc2cc(NC(=O)CCl)ccc21. The fraction of sp³-hybridized carbons (Fsp3) is 0.364. The van der Waals surface area contributed by atoms with E-state index in [1.807, 2.05) is 18.2 Å². The van der Waals surface area contributed by atoms with Crippen molar-refractivity contribution >= 4 is 28.9 Å². The van der Waals surface area contributed by atoms with Crippen molar-refractivity contribution < 1.29 is 4.79 Å². The molecule has 4 heteroatoms. The Kier molecular flexibility index (Phi) is 2.82. The van der Waals surface area contributed by atoms with E-state index in [1.165, 1.54) is 11.3 Å². The molecule has 0 saturated carbocycles. The van der Waals surface area contributed by atoms with Gasteiger partial charge in [0.15, 0.2) is 0 Å². The predicted molar refractivity (Wildman–Crippen MR) is 62.8 cm³/mol. The molecule has 0 unspecified atom stereocenters. The summed E-state index contributed by atoms with van der Waals surface area (Å²) in [5.74, 6) is -0.167. The summed E-state index contributed by atoms with van der Waals surface area (Å²) < 4.78 is 0. The summed E-state index contributed by atoms with van der Waals surface area (Å²) in [7, 11) is 2.07. The summed E-state index contributed by atoms with van der Waals surface area (Å²) >= 11 is 5.42. The van der Waals surface area contributed by atoms with E-state index in [1.54, 1.807) is 0 Å². The zero-order valence-corrected chi connectivity index (χ0v) is 9.34. The van der Waals surface area contributed by atoms with Crippen LogP contribution in [0.2, 0.25) is 0 Å². The van der Waals surface area contributed by atoms with Crippen LogP contribution < -0.4 is 10.2 Å². The number of rotatable bonds is 2. The molecule has 0 saturated heterocycles. The van der Waals surface area contributed by atoms with Gasteiger partial charge in [-0.1, -0.05) is 0 Å². The zero-order valence-electron chi connectivity index (χ0n) is 8.59. The number of nitrogens with zero attached hydrogens (tertiary/aromatic N) is 1. The van der Waals surface area contributed by atoms with E-state index in [9.17, 15) is 4.79 Å². The molecule has 1 heterocycles. The Labute approximate surface area is 94.0 Å². The average Bonchev–Trinajstić information content (AvgIpc) is 2.60. The van der Waals surface area contributed by atoms with Gasteiger partial charge in [0.05, 0.1) is 0 Å². The van der Waals surface area contributed by atoms with Gasteiger partial charge in [0, 0.05) is 25.0 Å². The molecule has 1 amide bonds. The predicted octanol–water partition coefficient (Wildman–Crippen LogP) is 1.86. The van der Waals surface area contributed by atoms with Gasteiger partial charge in [-0.25, -0.2) is 0 Å². The number of alkyl halides is 1. The minimum atomic E-state index is -0.164. The highest BCUT2D eigenvalue weighted by Crippen LogP contribution is 2.28. The first-order chi connectivity index (χ1) is 7.20. The summed E-state index contributed by atoms with van der Waals surface area (Å²) in [6.45, 7) is 1.04. The number of fused-ring (bicyclic) bond motifs is 1. The maximum atomic E-state index is 11.1. The molecular formula is C11H13ClN2O. The molecule has 1 aliphatic rings. The molecule has 0 atom stereocenters. The first kappa shape index (κ1) is 10.3. The van der Waals surface area contributed by atoms with E-state index in [4.69, 9.17) is 11.6 Å². The molecule has 1 aliphatic heterocycles. The lowest BCUT2D eigenvalue weighted by Gasteiger charge is -2.12. The van der Waals surface area contributed by atoms with Crippen molar-refractivity contribution in [2.75, 3.05) is 29.7 Å². The van der Waals surface area contributed by atoms with Crippen molar-refractivity contribution in [2.45, 2.75) is 6.42 Å². The standard InChI is InChI=1S/C11H13ClN2O/c1-14-5-4-8-6-9(2-3-10(8)14)13-11(15)7-12/h2-3,6H,4-5,7H2,1H3,(H,13,15). The summed E-state index contributed by atoms with van der Waals surface area (Å²) in [5.41, 5.74) is 3.36.